The van der Waals surface area contributed by atoms with Crippen molar-refractivity contribution < 1.29 is 0 Å². The van der Waals surface area contributed by atoms with Crippen LogP contribution in [0.4, 0.5) is 0 Å². The highest BCUT2D eigenvalue weighted by Gasteiger charge is 1.51. The van der Waals surface area contributed by atoms with Gasteiger partial charge in [0.15, 0.2) is 0 Å². The molecule has 0 aliphatic heterocycles. The summed E-state index contributed by atoms with van der Waals surface area (Å²) in [6, 6.07) is 0. The lowest BCUT2D eigenvalue weighted by atomic mass is 10.6. The van der Waals surface area contributed by atoms with Gasteiger partial charge in [-0.2, -0.15) is 0 Å². The van der Waals surface area contributed by atoms with E-state index in [0.29, 0.717) is 0 Å². The van der Waals surface area contributed by atoms with Crippen LogP contribution in [0.25, 0.3) is 0 Å². The van der Waals surface area contributed by atoms with E-state index in [1.807, 2.05) is 12.2 Å². The van der Waals surface area contributed by atoms with Crippen molar-refractivity contribution in [3.8, 4) is 0 Å². The van der Waals surface area contributed by atoms with Gasteiger partial charge >= 0.3 is 0 Å². The van der Waals surface area contributed by atoms with E-state index >= 15 is 0 Å². The average Bonchev–Trinajstić information content (AvgIpc) is 1.61. The van der Waals surface area contributed by atoms with Crippen LogP contribution < -0.4 is 0 Å². The molecule has 0 aliphatic rings. The second-order valence-electron chi connectivity index (χ2n) is 0.637. The van der Waals surface area contributed by atoms with Crippen LogP contribution in [0.1, 0.15) is 0 Å². The number of allylic oxidation sites excluding steroid dienone is 2. The van der Waals surface area contributed by atoms with E-state index in [2.05, 4.69) is 31.9 Å². The standard InChI is InChI=1S/C4H4Br2/c5-3-1-2-4-6/h1-4H/b3-1+,4-2+. The summed E-state index contributed by atoms with van der Waals surface area (Å²) in [4.78, 5) is 3.56. The van der Waals surface area contributed by atoms with E-state index in [-0.39, 0.29) is 0 Å². The van der Waals surface area contributed by atoms with Gasteiger partial charge in [0, 0.05) is 0 Å². The zero-order valence-electron chi connectivity index (χ0n) is 3.07. The first-order valence-corrected chi connectivity index (χ1v) is 3.27. The SMILES string of the molecule is Br/C=C/C=C/Br. The topological polar surface area (TPSA) is 0 Å². The van der Waals surface area contributed by atoms with Crippen molar-refractivity contribution in [2.45, 2.75) is 0 Å². The van der Waals surface area contributed by atoms with Crippen molar-refractivity contribution in [2.24, 2.45) is 0 Å². The molecule has 0 saturated heterocycles. The van der Waals surface area contributed by atoms with Crippen LogP contribution >= 0.6 is 31.9 Å². The molecule has 0 N–H and O–H groups in total. The molecule has 0 bridgehead atoms. The molecule has 0 unspecified atom stereocenters. The number of hydrogen-bond acceptors (Lipinski definition) is 0. The van der Waals surface area contributed by atoms with E-state index in [4.69, 9.17) is 0 Å². The Morgan fingerprint density at radius 3 is 1.33 bits per heavy atom. The van der Waals surface area contributed by atoms with E-state index in [1.165, 1.54) is 0 Å². The molecule has 0 aromatic rings. The zero-order valence-corrected chi connectivity index (χ0v) is 6.24. The summed E-state index contributed by atoms with van der Waals surface area (Å²) in [6.45, 7) is 0. The van der Waals surface area contributed by atoms with Crippen molar-refractivity contribution in [1.82, 2.24) is 0 Å². The minimum Gasteiger partial charge on any atom is -0.0595 e. The Kier molecular flexibility index (Phi) is 5.84. The molecule has 0 amide bonds. The third-order valence-electron chi connectivity index (χ3n) is 0.257. The monoisotopic (exact) mass is 210 g/mol. The third-order valence-corrected chi connectivity index (χ3v) is 0.867. The van der Waals surface area contributed by atoms with E-state index in [1.54, 1.807) is 9.97 Å². The molecular formula is C4H4Br2. The molecule has 0 fully saturated rings. The highest BCUT2D eigenvalue weighted by Crippen LogP contribution is 1.86. The maximum absolute atomic E-state index is 3.10. The maximum Gasteiger partial charge on any atom is -0.0189 e. The predicted octanol–water partition coefficient (Wildman–Crippen LogP) is 2.80. The van der Waals surface area contributed by atoms with Gasteiger partial charge in [-0.05, 0) is 9.97 Å². The quantitative estimate of drug-likeness (QED) is 0.586. The Labute approximate surface area is 54.2 Å². The molecular weight excluding hydrogens is 208 g/mol. The zero-order chi connectivity index (χ0) is 4.83. The van der Waals surface area contributed by atoms with Gasteiger partial charge in [-0.15, -0.1) is 0 Å². The molecule has 0 atom stereocenters. The molecule has 0 heterocycles. The molecule has 34 valence electrons. The third kappa shape index (κ3) is 4.44. The lowest BCUT2D eigenvalue weighted by Crippen LogP contribution is -1.33. The maximum atomic E-state index is 3.10. The fourth-order valence-electron chi connectivity index (χ4n) is 0.0840. The molecule has 0 radical (unpaired) electrons. The summed E-state index contributed by atoms with van der Waals surface area (Å²) < 4.78 is 0. The fraction of sp³-hybridized carbons (Fsp3) is 0. The number of halogens is 2. The Morgan fingerprint density at radius 1 is 0.833 bits per heavy atom. The Morgan fingerprint density at radius 2 is 1.17 bits per heavy atom. The summed E-state index contributed by atoms with van der Waals surface area (Å²) in [5, 5.41) is 0. The van der Waals surface area contributed by atoms with Crippen LogP contribution in [-0.4, -0.2) is 0 Å². The van der Waals surface area contributed by atoms with Gasteiger partial charge in [0.05, 0.1) is 0 Å². The van der Waals surface area contributed by atoms with Crippen molar-refractivity contribution in [3.63, 3.8) is 0 Å². The van der Waals surface area contributed by atoms with Crippen molar-refractivity contribution in [1.29, 1.82) is 0 Å². The average molecular weight is 212 g/mol. The van der Waals surface area contributed by atoms with Crippen molar-refractivity contribution in [3.05, 3.63) is 22.1 Å². The van der Waals surface area contributed by atoms with Gasteiger partial charge in [0.2, 0.25) is 0 Å². The molecule has 0 spiro atoms. The van der Waals surface area contributed by atoms with E-state index in [9.17, 15) is 0 Å². The largest absolute Gasteiger partial charge is 0.0595 e. The number of hydrogen-bond donors (Lipinski definition) is 0. The van der Waals surface area contributed by atoms with Gasteiger partial charge in [-0.1, -0.05) is 44.0 Å². The van der Waals surface area contributed by atoms with Gasteiger partial charge in [-0.25, -0.2) is 0 Å². The minimum absolute atomic E-state index is 1.78. The van der Waals surface area contributed by atoms with Crippen LogP contribution in [0.2, 0.25) is 0 Å². The van der Waals surface area contributed by atoms with Crippen LogP contribution in [-0.2, 0) is 0 Å². The summed E-state index contributed by atoms with van der Waals surface area (Å²) in [7, 11) is 0. The molecule has 0 aromatic carbocycles. The summed E-state index contributed by atoms with van der Waals surface area (Å²) in [5.74, 6) is 0. The fourth-order valence-corrected chi connectivity index (χ4v) is 0.436. The Bertz CT molecular complexity index is 53.9. The lowest BCUT2D eigenvalue weighted by molar-refractivity contribution is 2.11. The predicted molar refractivity (Wildman–Crippen MR) is 36.1 cm³/mol. The number of rotatable bonds is 1. The first kappa shape index (κ1) is 6.44. The minimum atomic E-state index is 1.78. The second-order valence-corrected chi connectivity index (χ2v) is 1.69. The normalized spacial score (nSPS) is 11.7. The first-order chi connectivity index (χ1) is 2.91. The molecule has 0 nitrogen and oxygen atoms in total. The van der Waals surface area contributed by atoms with E-state index in [0.717, 1.165) is 0 Å². The van der Waals surface area contributed by atoms with Crippen LogP contribution in [0.5, 0.6) is 0 Å². The molecule has 0 aromatic heterocycles. The lowest BCUT2D eigenvalue weighted by Gasteiger charge is -1.59. The van der Waals surface area contributed by atoms with Gasteiger partial charge < -0.3 is 0 Å². The smallest absolute Gasteiger partial charge is 0.0189 e. The van der Waals surface area contributed by atoms with Gasteiger partial charge in [0.1, 0.15) is 0 Å². The Hall–Kier alpha value is 0.440. The highest BCUT2D eigenvalue weighted by molar-refractivity contribution is 9.11. The molecule has 0 saturated carbocycles. The van der Waals surface area contributed by atoms with Gasteiger partial charge in [-0.3, -0.25) is 0 Å². The Balaban J connectivity index is 3.07. The first-order valence-electron chi connectivity index (χ1n) is 1.44. The molecule has 2 heteroatoms. The van der Waals surface area contributed by atoms with Gasteiger partial charge in [0.25, 0.3) is 0 Å². The summed E-state index contributed by atoms with van der Waals surface area (Å²) in [6.07, 6.45) is 3.74. The second kappa shape index (κ2) is 5.44. The molecule has 0 rings (SSSR count). The van der Waals surface area contributed by atoms with Crippen LogP contribution in [0.15, 0.2) is 22.1 Å². The highest BCUT2D eigenvalue weighted by atomic mass is 79.9. The summed E-state index contributed by atoms with van der Waals surface area (Å²) >= 11 is 6.20. The van der Waals surface area contributed by atoms with E-state index < -0.39 is 0 Å². The van der Waals surface area contributed by atoms with Crippen LogP contribution in [0.3, 0.4) is 0 Å². The van der Waals surface area contributed by atoms with Crippen LogP contribution in [0, 0.1) is 0 Å². The van der Waals surface area contributed by atoms with Crippen molar-refractivity contribution in [2.75, 3.05) is 0 Å². The summed E-state index contributed by atoms with van der Waals surface area (Å²) in [5.41, 5.74) is 0. The molecule has 0 aliphatic carbocycles. The van der Waals surface area contributed by atoms with Crippen molar-refractivity contribution >= 4 is 31.9 Å². The molecule has 6 heavy (non-hydrogen) atoms.